The van der Waals surface area contributed by atoms with Crippen molar-refractivity contribution in [1.29, 1.82) is 5.26 Å². The number of nitrogens with one attached hydrogen (secondary N) is 1. The van der Waals surface area contributed by atoms with E-state index in [1.165, 1.54) is 0 Å². The molecule has 0 aliphatic heterocycles. The lowest BCUT2D eigenvalue weighted by atomic mass is 10.1. The average molecular weight is 396 g/mol. The number of ether oxygens (including phenoxy) is 2. The van der Waals surface area contributed by atoms with E-state index >= 15 is 0 Å². The summed E-state index contributed by atoms with van der Waals surface area (Å²) in [4.78, 5) is 12.6. The van der Waals surface area contributed by atoms with Crippen molar-refractivity contribution in [3.8, 4) is 6.07 Å². The molecule has 6 heteroatoms. The fraction of sp³-hybridized carbons (Fsp3) is 0.391. The topological polar surface area (TPSA) is 76.3 Å². The van der Waals surface area contributed by atoms with Gasteiger partial charge in [-0.05, 0) is 49.6 Å². The van der Waals surface area contributed by atoms with Gasteiger partial charge in [0.05, 0.1) is 19.3 Å². The first-order chi connectivity index (χ1) is 13.9. The Hall–Kier alpha value is -2.88. The van der Waals surface area contributed by atoms with Crippen molar-refractivity contribution >= 4 is 12.0 Å². The minimum atomic E-state index is -0.394. The molecule has 0 spiro atoms. The van der Waals surface area contributed by atoms with Gasteiger partial charge in [0.25, 0.3) is 5.91 Å². The monoisotopic (exact) mass is 395 g/mol. The first-order valence-corrected chi connectivity index (χ1v) is 9.56. The molecule has 1 aromatic heterocycles. The van der Waals surface area contributed by atoms with Crippen molar-refractivity contribution in [2.24, 2.45) is 0 Å². The molecule has 6 nitrogen and oxygen atoms in total. The quantitative estimate of drug-likeness (QED) is 0.519. The Bertz CT molecular complexity index is 922. The zero-order valence-corrected chi connectivity index (χ0v) is 17.8. The average Bonchev–Trinajstić information content (AvgIpc) is 2.98. The van der Waals surface area contributed by atoms with E-state index in [4.69, 9.17) is 9.47 Å². The first kappa shape index (κ1) is 22.4. The van der Waals surface area contributed by atoms with E-state index in [9.17, 15) is 10.1 Å². The number of aryl methyl sites for hydroxylation is 1. The van der Waals surface area contributed by atoms with Crippen molar-refractivity contribution < 1.29 is 14.3 Å². The standard InChI is InChI=1S/C23H29N3O3/c1-16-10-21(18(3)26(16)17(2)14-28-4)11-22(12-24)23(27)25-13-19-8-6-7-9-20(19)15-29-5/h6-11,17H,13-15H2,1-5H3,(H,25,27)/b22-11+. The molecule has 2 rings (SSSR count). The predicted molar refractivity (Wildman–Crippen MR) is 113 cm³/mol. The van der Waals surface area contributed by atoms with Crippen LogP contribution in [0.1, 0.15) is 41.0 Å². The van der Waals surface area contributed by atoms with Crippen molar-refractivity contribution in [2.45, 2.75) is 40.0 Å². The maximum Gasteiger partial charge on any atom is 0.262 e. The highest BCUT2D eigenvalue weighted by Gasteiger charge is 2.16. The van der Waals surface area contributed by atoms with Gasteiger partial charge in [0.1, 0.15) is 11.6 Å². The van der Waals surface area contributed by atoms with E-state index < -0.39 is 5.91 Å². The van der Waals surface area contributed by atoms with E-state index in [0.717, 1.165) is 28.1 Å². The molecule has 0 fully saturated rings. The summed E-state index contributed by atoms with van der Waals surface area (Å²) in [6.45, 7) is 7.46. The highest BCUT2D eigenvalue weighted by Crippen LogP contribution is 2.23. The smallest absolute Gasteiger partial charge is 0.262 e. The van der Waals surface area contributed by atoms with E-state index in [0.29, 0.717) is 19.8 Å². The molecule has 0 bridgehead atoms. The number of amides is 1. The molecule has 154 valence electrons. The zero-order chi connectivity index (χ0) is 21.4. The lowest BCUT2D eigenvalue weighted by molar-refractivity contribution is -0.117. The van der Waals surface area contributed by atoms with Crippen LogP contribution in [0.15, 0.2) is 35.9 Å². The SMILES string of the molecule is COCc1ccccc1CNC(=O)/C(C#N)=C/c1cc(C)n(C(C)COC)c1C. The maximum absolute atomic E-state index is 12.6. The van der Waals surface area contributed by atoms with Gasteiger partial charge in [-0.25, -0.2) is 0 Å². The third kappa shape index (κ3) is 5.57. The molecular weight excluding hydrogens is 366 g/mol. The van der Waals surface area contributed by atoms with Gasteiger partial charge in [0.15, 0.2) is 0 Å². The summed E-state index contributed by atoms with van der Waals surface area (Å²) in [6, 6.07) is 11.9. The largest absolute Gasteiger partial charge is 0.383 e. The molecule has 1 N–H and O–H groups in total. The van der Waals surface area contributed by atoms with Crippen LogP contribution in [-0.2, 0) is 27.4 Å². The number of hydrogen-bond acceptors (Lipinski definition) is 4. The van der Waals surface area contributed by atoms with Crippen LogP contribution in [-0.4, -0.2) is 31.3 Å². The van der Waals surface area contributed by atoms with Crippen molar-refractivity contribution in [3.63, 3.8) is 0 Å². The number of carbonyl (C=O) groups is 1. The van der Waals surface area contributed by atoms with Crippen molar-refractivity contribution in [2.75, 3.05) is 20.8 Å². The molecule has 0 aliphatic rings. The molecule has 1 atom stereocenters. The van der Waals surface area contributed by atoms with E-state index in [1.54, 1.807) is 20.3 Å². The lowest BCUT2D eigenvalue weighted by Gasteiger charge is -2.17. The Kier molecular flexibility index (Phi) is 8.20. The molecule has 2 aromatic rings. The van der Waals surface area contributed by atoms with Crippen molar-refractivity contribution in [1.82, 2.24) is 9.88 Å². The van der Waals surface area contributed by atoms with Gasteiger partial charge in [-0.1, -0.05) is 24.3 Å². The molecule has 29 heavy (non-hydrogen) atoms. The Labute approximate surface area is 172 Å². The summed E-state index contributed by atoms with van der Waals surface area (Å²) in [5.41, 5.74) is 4.97. The number of aromatic nitrogens is 1. The van der Waals surface area contributed by atoms with Gasteiger partial charge >= 0.3 is 0 Å². The Morgan fingerprint density at radius 2 is 1.93 bits per heavy atom. The third-order valence-corrected chi connectivity index (χ3v) is 4.89. The molecule has 0 aliphatic carbocycles. The van der Waals surface area contributed by atoms with E-state index in [1.807, 2.05) is 50.2 Å². The molecule has 1 heterocycles. The lowest BCUT2D eigenvalue weighted by Crippen LogP contribution is -2.24. The first-order valence-electron chi connectivity index (χ1n) is 9.56. The van der Waals surface area contributed by atoms with Crippen LogP contribution in [0.4, 0.5) is 0 Å². The summed E-state index contributed by atoms with van der Waals surface area (Å²) < 4.78 is 12.6. The van der Waals surface area contributed by atoms with Gasteiger partial charge in [-0.15, -0.1) is 0 Å². The van der Waals surface area contributed by atoms with Crippen molar-refractivity contribution in [3.05, 3.63) is 64.0 Å². The molecule has 0 saturated heterocycles. The number of rotatable bonds is 9. The van der Waals surface area contributed by atoms with E-state index in [-0.39, 0.29) is 11.6 Å². The summed E-state index contributed by atoms with van der Waals surface area (Å²) >= 11 is 0. The number of hydrogen-bond donors (Lipinski definition) is 1. The molecule has 1 unspecified atom stereocenters. The normalized spacial score (nSPS) is 12.5. The molecule has 1 aromatic carbocycles. The molecular formula is C23H29N3O3. The van der Waals surface area contributed by atoms with Gasteiger partial charge in [-0.2, -0.15) is 5.26 Å². The Morgan fingerprint density at radius 1 is 1.24 bits per heavy atom. The fourth-order valence-electron chi connectivity index (χ4n) is 3.54. The Balaban J connectivity index is 2.19. The summed E-state index contributed by atoms with van der Waals surface area (Å²) in [6.07, 6.45) is 1.65. The number of benzene rings is 1. The minimum Gasteiger partial charge on any atom is -0.383 e. The second-order valence-electron chi connectivity index (χ2n) is 7.06. The minimum absolute atomic E-state index is 0.0777. The van der Waals surface area contributed by atoms with E-state index in [2.05, 4.69) is 16.8 Å². The third-order valence-electron chi connectivity index (χ3n) is 4.89. The molecule has 1 amide bonds. The molecule has 0 saturated carbocycles. The number of nitriles is 1. The van der Waals surface area contributed by atoms with Crippen LogP contribution in [0, 0.1) is 25.2 Å². The number of methoxy groups -OCH3 is 2. The molecule has 0 radical (unpaired) electrons. The van der Waals surface area contributed by atoms with Crippen LogP contribution in [0.25, 0.3) is 6.08 Å². The summed E-state index contributed by atoms with van der Waals surface area (Å²) in [7, 11) is 3.31. The summed E-state index contributed by atoms with van der Waals surface area (Å²) in [5.74, 6) is -0.394. The van der Waals surface area contributed by atoms with Gasteiger partial charge < -0.3 is 19.4 Å². The van der Waals surface area contributed by atoms with Crippen LogP contribution in [0.3, 0.4) is 0 Å². The van der Waals surface area contributed by atoms with Crippen LogP contribution >= 0.6 is 0 Å². The van der Waals surface area contributed by atoms with Crippen LogP contribution in [0.2, 0.25) is 0 Å². The number of nitrogens with zero attached hydrogens (tertiary/aromatic N) is 2. The number of carbonyl (C=O) groups excluding carboxylic acids is 1. The van der Waals surface area contributed by atoms with Gasteiger partial charge in [0.2, 0.25) is 0 Å². The second kappa shape index (κ2) is 10.6. The maximum atomic E-state index is 12.6. The van der Waals surface area contributed by atoms with Crippen LogP contribution < -0.4 is 5.32 Å². The predicted octanol–water partition coefficient (Wildman–Crippen LogP) is 3.68. The Morgan fingerprint density at radius 3 is 2.55 bits per heavy atom. The second-order valence-corrected chi connectivity index (χ2v) is 7.06. The fourth-order valence-corrected chi connectivity index (χ4v) is 3.54. The van der Waals surface area contributed by atoms with Gasteiger partial charge in [0, 0.05) is 32.2 Å². The highest BCUT2D eigenvalue weighted by molar-refractivity contribution is 6.01. The summed E-state index contributed by atoms with van der Waals surface area (Å²) in [5, 5.41) is 12.4. The van der Waals surface area contributed by atoms with Gasteiger partial charge in [-0.3, -0.25) is 4.79 Å². The van der Waals surface area contributed by atoms with Crippen LogP contribution in [0.5, 0.6) is 0 Å². The highest BCUT2D eigenvalue weighted by atomic mass is 16.5. The zero-order valence-electron chi connectivity index (χ0n) is 17.8.